The van der Waals surface area contributed by atoms with Crippen LogP contribution in [0.25, 0.3) is 10.9 Å². The number of carbonyl (C=O) groups is 1. The summed E-state index contributed by atoms with van der Waals surface area (Å²) in [6, 6.07) is 15.4. The van der Waals surface area contributed by atoms with Gasteiger partial charge in [-0.3, -0.25) is 13.9 Å². The Labute approximate surface area is 195 Å². The summed E-state index contributed by atoms with van der Waals surface area (Å²) in [6.07, 6.45) is 1.67. The van der Waals surface area contributed by atoms with Crippen LogP contribution in [0.5, 0.6) is 0 Å². The third-order valence-corrected chi connectivity index (χ3v) is 8.51. The number of fused-ring (bicyclic) bond motifs is 2. The summed E-state index contributed by atoms with van der Waals surface area (Å²) in [5, 5.41) is 7.41. The van der Waals surface area contributed by atoms with Gasteiger partial charge in [-0.2, -0.15) is 10.6 Å². The minimum Gasteiger partial charge on any atom is -0.351 e. The molecule has 2 aromatic carbocycles. The van der Waals surface area contributed by atoms with Gasteiger partial charge in [0.2, 0.25) is 5.91 Å². The zero-order valence-corrected chi connectivity index (χ0v) is 19.6. The Morgan fingerprint density at radius 2 is 1.94 bits per heavy atom. The number of amides is 1. The molecule has 1 aromatic heterocycles. The van der Waals surface area contributed by atoms with Gasteiger partial charge in [-0.15, -0.1) is 0 Å². The largest absolute Gasteiger partial charge is 0.351 e. The summed E-state index contributed by atoms with van der Waals surface area (Å²) in [6.45, 7) is 4.73. The SMILES string of the molecule is Cc1cccc2c(NC(=O)C3CCNCC3)cc(N3CCS(O)(O)c4ccccc4C3)nc12. The Bertz CT molecular complexity index is 1190. The van der Waals surface area contributed by atoms with Crippen LogP contribution in [0.1, 0.15) is 24.0 Å². The molecule has 0 bridgehead atoms. The molecule has 1 amide bonds. The number of aromatic nitrogens is 1. The fourth-order valence-corrected chi connectivity index (χ4v) is 6.29. The van der Waals surface area contributed by atoms with Gasteiger partial charge in [0.05, 0.1) is 21.9 Å². The number of carbonyl (C=O) groups excluding carboxylic acids is 1. The smallest absolute Gasteiger partial charge is 0.227 e. The molecule has 33 heavy (non-hydrogen) atoms. The fraction of sp³-hybridized carbons (Fsp3) is 0.360. The van der Waals surface area contributed by atoms with Gasteiger partial charge in [-0.05, 0) is 50.0 Å². The highest BCUT2D eigenvalue weighted by molar-refractivity contribution is 8.24. The van der Waals surface area contributed by atoms with Crippen molar-refractivity contribution in [1.82, 2.24) is 10.3 Å². The van der Waals surface area contributed by atoms with Crippen molar-refractivity contribution >= 4 is 38.9 Å². The second-order valence-electron chi connectivity index (χ2n) is 8.91. The number of para-hydroxylation sites is 1. The molecule has 8 heteroatoms. The van der Waals surface area contributed by atoms with E-state index >= 15 is 0 Å². The Hall–Kier alpha value is -2.65. The zero-order chi connectivity index (χ0) is 23.0. The van der Waals surface area contributed by atoms with E-state index in [0.29, 0.717) is 18.0 Å². The van der Waals surface area contributed by atoms with Gasteiger partial charge >= 0.3 is 0 Å². The van der Waals surface area contributed by atoms with Crippen molar-refractivity contribution in [2.24, 2.45) is 5.92 Å². The minimum absolute atomic E-state index is 0.000724. The van der Waals surface area contributed by atoms with Crippen LogP contribution in [-0.2, 0) is 11.3 Å². The first-order valence-corrected chi connectivity index (χ1v) is 13.1. The number of piperidine rings is 1. The maximum atomic E-state index is 13.1. The third-order valence-electron chi connectivity index (χ3n) is 6.65. The number of rotatable bonds is 3. The number of nitrogens with one attached hydrogen (secondary N) is 2. The standard InChI is InChI=1S/C25H30N4O3S/c1-17-5-4-7-20-21(27-25(30)18-9-11-26-12-10-18)15-23(28-24(17)20)29-13-14-33(31,32)22-8-3-2-6-19(22)16-29/h2-8,15,18,26,31-32H,9-14,16H2,1H3,(H,27,28,30). The molecule has 0 saturated carbocycles. The molecule has 2 aliphatic heterocycles. The van der Waals surface area contributed by atoms with E-state index in [1.165, 1.54) is 0 Å². The molecule has 3 heterocycles. The van der Waals surface area contributed by atoms with Crippen LogP contribution in [0, 0.1) is 12.8 Å². The number of benzene rings is 2. The molecule has 2 aliphatic rings. The second kappa shape index (κ2) is 8.95. The molecule has 1 fully saturated rings. The molecular weight excluding hydrogens is 436 g/mol. The van der Waals surface area contributed by atoms with Gasteiger partial charge < -0.3 is 15.5 Å². The highest BCUT2D eigenvalue weighted by atomic mass is 32.3. The number of hydrogen-bond donors (Lipinski definition) is 4. The molecule has 1 saturated heterocycles. The molecule has 0 aliphatic carbocycles. The maximum Gasteiger partial charge on any atom is 0.227 e. The van der Waals surface area contributed by atoms with E-state index in [-0.39, 0.29) is 17.6 Å². The first-order chi connectivity index (χ1) is 15.9. The predicted octanol–water partition coefficient (Wildman–Crippen LogP) is 4.61. The second-order valence-corrected chi connectivity index (χ2v) is 11.1. The topological polar surface area (TPSA) is 97.7 Å². The first kappa shape index (κ1) is 22.2. The summed E-state index contributed by atoms with van der Waals surface area (Å²) in [5.41, 5.74) is 3.53. The quantitative estimate of drug-likeness (QED) is 0.450. The van der Waals surface area contributed by atoms with Crippen LogP contribution in [-0.4, -0.2) is 45.4 Å². The molecule has 0 spiro atoms. The molecule has 174 valence electrons. The van der Waals surface area contributed by atoms with E-state index in [9.17, 15) is 13.9 Å². The number of anilines is 2. The van der Waals surface area contributed by atoms with Crippen molar-refractivity contribution in [3.8, 4) is 0 Å². The monoisotopic (exact) mass is 466 g/mol. The van der Waals surface area contributed by atoms with Crippen molar-refractivity contribution in [3.05, 3.63) is 59.7 Å². The van der Waals surface area contributed by atoms with Gasteiger partial charge in [0.1, 0.15) is 5.82 Å². The summed E-state index contributed by atoms with van der Waals surface area (Å²) in [7, 11) is -2.86. The summed E-state index contributed by atoms with van der Waals surface area (Å²) in [4.78, 5) is 20.7. The van der Waals surface area contributed by atoms with Gasteiger partial charge in [0.15, 0.2) is 0 Å². The maximum absolute atomic E-state index is 13.1. The summed E-state index contributed by atoms with van der Waals surface area (Å²) < 4.78 is 21.5. The average molecular weight is 467 g/mol. The molecule has 0 radical (unpaired) electrons. The van der Waals surface area contributed by atoms with E-state index in [1.807, 2.05) is 49.4 Å². The van der Waals surface area contributed by atoms with Crippen molar-refractivity contribution in [2.45, 2.75) is 31.2 Å². The van der Waals surface area contributed by atoms with Gasteiger partial charge in [-0.1, -0.05) is 36.4 Å². The van der Waals surface area contributed by atoms with Crippen LogP contribution in [0.15, 0.2) is 53.4 Å². The van der Waals surface area contributed by atoms with Crippen molar-refractivity contribution in [1.29, 1.82) is 0 Å². The lowest BCUT2D eigenvalue weighted by Crippen LogP contribution is -2.34. The van der Waals surface area contributed by atoms with E-state index in [1.54, 1.807) is 6.07 Å². The van der Waals surface area contributed by atoms with Gasteiger partial charge in [-0.25, -0.2) is 4.98 Å². The van der Waals surface area contributed by atoms with Crippen LogP contribution in [0.3, 0.4) is 0 Å². The normalized spacial score (nSPS) is 19.5. The van der Waals surface area contributed by atoms with Crippen LogP contribution >= 0.6 is 10.6 Å². The number of hydrogen-bond acceptors (Lipinski definition) is 6. The average Bonchev–Trinajstić information content (AvgIpc) is 2.96. The highest BCUT2D eigenvalue weighted by Gasteiger charge is 2.27. The lowest BCUT2D eigenvalue weighted by atomic mass is 9.97. The van der Waals surface area contributed by atoms with E-state index < -0.39 is 10.6 Å². The number of aryl methyl sites for hydroxylation is 1. The fourth-order valence-electron chi connectivity index (χ4n) is 4.74. The van der Waals surface area contributed by atoms with Gasteiger partial charge in [0, 0.05) is 30.5 Å². The Morgan fingerprint density at radius 3 is 2.76 bits per heavy atom. The predicted molar refractivity (Wildman–Crippen MR) is 134 cm³/mol. The molecule has 4 N–H and O–H groups in total. The van der Waals surface area contributed by atoms with E-state index in [0.717, 1.165) is 59.5 Å². The van der Waals surface area contributed by atoms with Crippen molar-refractivity contribution in [3.63, 3.8) is 0 Å². The Balaban J connectivity index is 1.54. The lowest BCUT2D eigenvalue weighted by molar-refractivity contribution is -0.120. The summed E-state index contributed by atoms with van der Waals surface area (Å²) in [5.74, 6) is 1.02. The lowest BCUT2D eigenvalue weighted by Gasteiger charge is -2.32. The molecule has 0 atom stereocenters. The molecular formula is C25H30N4O3S. The minimum atomic E-state index is -2.86. The number of pyridine rings is 1. The molecule has 7 nitrogen and oxygen atoms in total. The van der Waals surface area contributed by atoms with E-state index in [4.69, 9.17) is 4.98 Å². The number of nitrogens with zero attached hydrogens (tertiary/aromatic N) is 2. The molecule has 5 rings (SSSR count). The Morgan fingerprint density at radius 1 is 1.15 bits per heavy atom. The Kier molecular flexibility index (Phi) is 6.01. The van der Waals surface area contributed by atoms with Crippen molar-refractivity contribution < 1.29 is 13.9 Å². The highest BCUT2D eigenvalue weighted by Crippen LogP contribution is 2.51. The van der Waals surface area contributed by atoms with Crippen LogP contribution < -0.4 is 15.5 Å². The van der Waals surface area contributed by atoms with Gasteiger partial charge in [0.25, 0.3) is 0 Å². The van der Waals surface area contributed by atoms with Crippen LogP contribution in [0.2, 0.25) is 0 Å². The van der Waals surface area contributed by atoms with E-state index in [2.05, 4.69) is 15.5 Å². The zero-order valence-electron chi connectivity index (χ0n) is 18.8. The molecule has 0 unspecified atom stereocenters. The first-order valence-electron chi connectivity index (χ1n) is 11.4. The van der Waals surface area contributed by atoms with Crippen LogP contribution in [0.4, 0.5) is 11.5 Å². The third kappa shape index (κ3) is 4.44. The summed E-state index contributed by atoms with van der Waals surface area (Å²) >= 11 is 0. The molecule has 3 aromatic rings. The van der Waals surface area contributed by atoms with Crippen molar-refractivity contribution in [2.75, 3.05) is 35.6 Å².